The van der Waals surface area contributed by atoms with Crippen molar-refractivity contribution in [3.05, 3.63) is 16.1 Å². The molecule has 6 heteroatoms. The van der Waals surface area contributed by atoms with Crippen LogP contribution in [0.5, 0.6) is 0 Å². The Morgan fingerprint density at radius 3 is 2.48 bits per heavy atom. The van der Waals surface area contributed by atoms with E-state index in [0.717, 1.165) is 43.3 Å². The maximum Gasteiger partial charge on any atom is 0.228 e. The maximum absolute atomic E-state index is 12.5. The number of carbonyl (C=O) groups is 1. The minimum Gasteiger partial charge on any atom is -0.395 e. The summed E-state index contributed by atoms with van der Waals surface area (Å²) in [7, 11) is 0. The normalized spacial score (nSPS) is 18.2. The zero-order chi connectivity index (χ0) is 17.0. The Morgan fingerprint density at radius 1 is 1.35 bits per heavy atom. The Hall–Kier alpha value is -0.980. The first-order chi connectivity index (χ1) is 10.8. The van der Waals surface area contributed by atoms with E-state index >= 15 is 0 Å². The van der Waals surface area contributed by atoms with Gasteiger partial charge in [-0.1, -0.05) is 27.7 Å². The highest BCUT2D eigenvalue weighted by molar-refractivity contribution is 7.09. The van der Waals surface area contributed by atoms with Crippen molar-refractivity contribution in [2.24, 2.45) is 0 Å². The van der Waals surface area contributed by atoms with Crippen molar-refractivity contribution in [2.75, 3.05) is 32.8 Å². The second kappa shape index (κ2) is 7.73. The van der Waals surface area contributed by atoms with Gasteiger partial charge in [0.1, 0.15) is 0 Å². The minimum atomic E-state index is 0.0387. The number of aliphatic hydroxyl groups is 1. The van der Waals surface area contributed by atoms with Crippen LogP contribution in [0.2, 0.25) is 0 Å². The number of hydrogen-bond donors (Lipinski definition) is 1. The highest BCUT2D eigenvalue weighted by Gasteiger charge is 2.26. The summed E-state index contributed by atoms with van der Waals surface area (Å²) in [5, 5.41) is 12.5. The first-order valence-electron chi connectivity index (χ1n) is 8.42. The number of thiazole rings is 1. The summed E-state index contributed by atoms with van der Waals surface area (Å²) in [5.74, 6) is 0.160. The number of aromatic nitrogens is 1. The fraction of sp³-hybridized carbons (Fsp3) is 0.765. The second-order valence-corrected chi connectivity index (χ2v) is 8.09. The molecule has 1 aliphatic rings. The first-order valence-corrected chi connectivity index (χ1v) is 9.30. The van der Waals surface area contributed by atoms with Crippen molar-refractivity contribution in [3.63, 3.8) is 0 Å². The van der Waals surface area contributed by atoms with Crippen LogP contribution in [0, 0.1) is 0 Å². The third-order valence-corrected chi connectivity index (χ3v) is 5.71. The number of amides is 1. The second-order valence-electron chi connectivity index (χ2n) is 7.23. The van der Waals surface area contributed by atoms with E-state index < -0.39 is 0 Å². The van der Waals surface area contributed by atoms with Crippen molar-refractivity contribution in [2.45, 2.75) is 52.0 Å². The van der Waals surface area contributed by atoms with Crippen molar-refractivity contribution in [1.82, 2.24) is 14.8 Å². The molecular weight excluding hydrogens is 310 g/mol. The van der Waals surface area contributed by atoms with E-state index in [1.807, 2.05) is 10.3 Å². The number of carbonyl (C=O) groups excluding carboxylic acids is 1. The van der Waals surface area contributed by atoms with Crippen LogP contribution in [-0.4, -0.2) is 64.6 Å². The van der Waals surface area contributed by atoms with Gasteiger partial charge in [0.05, 0.1) is 23.7 Å². The van der Waals surface area contributed by atoms with E-state index in [-0.39, 0.29) is 24.0 Å². The molecule has 130 valence electrons. The lowest BCUT2D eigenvalue weighted by atomic mass is 9.98. The molecule has 1 aromatic rings. The van der Waals surface area contributed by atoms with Gasteiger partial charge < -0.3 is 10.0 Å². The van der Waals surface area contributed by atoms with Crippen LogP contribution in [0.25, 0.3) is 0 Å². The zero-order valence-electron chi connectivity index (χ0n) is 14.7. The maximum atomic E-state index is 12.5. The van der Waals surface area contributed by atoms with E-state index in [1.54, 1.807) is 11.3 Å². The van der Waals surface area contributed by atoms with Gasteiger partial charge in [0.2, 0.25) is 5.91 Å². The molecule has 1 aliphatic heterocycles. The number of piperazine rings is 1. The summed E-state index contributed by atoms with van der Waals surface area (Å²) in [6.07, 6.45) is 1.34. The standard InChI is InChI=1S/C17H29N3O2S/c1-5-14(11-21)19-6-8-20(9-7-19)15(22)10-13-12-23-16(18-13)17(2,3)4/h12,14,21H,5-11H2,1-4H3. The highest BCUT2D eigenvalue weighted by Crippen LogP contribution is 2.25. The molecule has 0 spiro atoms. The molecule has 1 unspecified atom stereocenters. The van der Waals surface area contributed by atoms with E-state index in [4.69, 9.17) is 0 Å². The van der Waals surface area contributed by atoms with Crippen LogP contribution < -0.4 is 0 Å². The summed E-state index contributed by atoms with van der Waals surface area (Å²) >= 11 is 1.64. The van der Waals surface area contributed by atoms with Crippen molar-refractivity contribution >= 4 is 17.2 Å². The lowest BCUT2D eigenvalue weighted by molar-refractivity contribution is -0.132. The summed E-state index contributed by atoms with van der Waals surface area (Å²) in [6.45, 7) is 11.9. The van der Waals surface area contributed by atoms with E-state index in [0.29, 0.717) is 6.42 Å². The number of nitrogens with zero attached hydrogens (tertiary/aromatic N) is 3. The Labute approximate surface area is 143 Å². The molecule has 0 aromatic carbocycles. The number of hydrogen-bond acceptors (Lipinski definition) is 5. The molecule has 1 N–H and O–H groups in total. The van der Waals surface area contributed by atoms with Crippen LogP contribution in [-0.2, 0) is 16.6 Å². The predicted octanol–water partition coefficient (Wildman–Crippen LogP) is 1.90. The van der Waals surface area contributed by atoms with Crippen LogP contribution in [0.15, 0.2) is 5.38 Å². The molecule has 2 rings (SSSR count). The third kappa shape index (κ3) is 4.75. The molecule has 23 heavy (non-hydrogen) atoms. The average Bonchev–Trinajstić information content (AvgIpc) is 2.98. The molecule has 0 aliphatic carbocycles. The number of aliphatic hydroxyl groups excluding tert-OH is 1. The van der Waals surface area contributed by atoms with Gasteiger partial charge >= 0.3 is 0 Å². The average molecular weight is 340 g/mol. The van der Waals surface area contributed by atoms with Gasteiger partial charge in [-0.2, -0.15) is 0 Å². The predicted molar refractivity (Wildman–Crippen MR) is 93.8 cm³/mol. The Morgan fingerprint density at radius 2 is 2.00 bits per heavy atom. The molecule has 0 radical (unpaired) electrons. The molecule has 1 fully saturated rings. The molecular formula is C17H29N3O2S. The minimum absolute atomic E-state index is 0.0387. The molecule has 2 heterocycles. The molecule has 1 amide bonds. The lowest BCUT2D eigenvalue weighted by Gasteiger charge is -2.38. The van der Waals surface area contributed by atoms with Gasteiger partial charge in [0.15, 0.2) is 0 Å². The lowest BCUT2D eigenvalue weighted by Crippen LogP contribution is -2.53. The smallest absolute Gasteiger partial charge is 0.228 e. The van der Waals surface area contributed by atoms with Crippen molar-refractivity contribution in [1.29, 1.82) is 0 Å². The molecule has 1 atom stereocenters. The van der Waals surface area contributed by atoms with Crippen LogP contribution in [0.1, 0.15) is 44.8 Å². The largest absolute Gasteiger partial charge is 0.395 e. The summed E-state index contributed by atoms with van der Waals surface area (Å²) in [5.41, 5.74) is 0.922. The Balaban J connectivity index is 1.87. The van der Waals surface area contributed by atoms with Crippen LogP contribution in [0.3, 0.4) is 0 Å². The van der Waals surface area contributed by atoms with Gasteiger partial charge in [-0.25, -0.2) is 4.98 Å². The Kier molecular flexibility index (Phi) is 6.17. The van der Waals surface area contributed by atoms with E-state index in [1.165, 1.54) is 0 Å². The highest BCUT2D eigenvalue weighted by atomic mass is 32.1. The SMILES string of the molecule is CCC(CO)N1CCN(C(=O)Cc2csc(C(C)(C)C)n2)CC1. The molecule has 1 aromatic heterocycles. The quantitative estimate of drug-likeness (QED) is 0.890. The fourth-order valence-corrected chi connectivity index (χ4v) is 3.75. The Bertz CT molecular complexity index is 512. The van der Waals surface area contributed by atoms with Gasteiger partial charge in [-0.05, 0) is 6.42 Å². The fourth-order valence-electron chi connectivity index (χ4n) is 2.84. The molecule has 0 bridgehead atoms. The topological polar surface area (TPSA) is 56.7 Å². The van der Waals surface area contributed by atoms with E-state index in [9.17, 15) is 9.90 Å². The van der Waals surface area contributed by atoms with Crippen molar-refractivity contribution < 1.29 is 9.90 Å². The monoisotopic (exact) mass is 339 g/mol. The summed E-state index contributed by atoms with van der Waals surface area (Å²) < 4.78 is 0. The van der Waals surface area contributed by atoms with Gasteiger partial charge in [-0.3, -0.25) is 9.69 Å². The van der Waals surface area contributed by atoms with Gasteiger partial charge in [0, 0.05) is 43.0 Å². The van der Waals surface area contributed by atoms with Gasteiger partial charge in [0.25, 0.3) is 0 Å². The van der Waals surface area contributed by atoms with Crippen LogP contribution >= 0.6 is 11.3 Å². The molecule has 1 saturated heterocycles. The first kappa shape index (κ1) is 18.4. The zero-order valence-corrected chi connectivity index (χ0v) is 15.5. The number of rotatable bonds is 5. The molecule has 5 nitrogen and oxygen atoms in total. The van der Waals surface area contributed by atoms with Crippen LogP contribution in [0.4, 0.5) is 0 Å². The molecule has 0 saturated carbocycles. The van der Waals surface area contributed by atoms with Crippen molar-refractivity contribution in [3.8, 4) is 0 Å². The third-order valence-electron chi connectivity index (χ3n) is 4.39. The summed E-state index contributed by atoms with van der Waals surface area (Å²) in [4.78, 5) is 21.3. The summed E-state index contributed by atoms with van der Waals surface area (Å²) in [6, 6.07) is 0.222. The van der Waals surface area contributed by atoms with E-state index in [2.05, 4.69) is 37.6 Å². The van der Waals surface area contributed by atoms with Gasteiger partial charge in [-0.15, -0.1) is 11.3 Å².